The Morgan fingerprint density at radius 1 is 1.16 bits per heavy atom. The van der Waals surface area contributed by atoms with Crippen LogP contribution in [0.2, 0.25) is 0 Å². The third-order valence-corrected chi connectivity index (χ3v) is 3.75. The van der Waals surface area contributed by atoms with Gasteiger partial charge in [0.05, 0.1) is 6.54 Å². The van der Waals surface area contributed by atoms with E-state index in [1.807, 2.05) is 10.6 Å². The highest BCUT2D eigenvalue weighted by molar-refractivity contribution is 7.09. The van der Waals surface area contributed by atoms with Crippen molar-refractivity contribution in [1.82, 2.24) is 14.8 Å². The maximum atomic E-state index is 12.9. The summed E-state index contributed by atoms with van der Waals surface area (Å²) >= 11 is 1.71. The molecule has 0 aliphatic heterocycles. The highest BCUT2D eigenvalue weighted by atomic mass is 32.1. The summed E-state index contributed by atoms with van der Waals surface area (Å²) in [5.74, 6) is 0.707. The average Bonchev–Trinajstić information content (AvgIpc) is 3.06. The quantitative estimate of drug-likeness (QED) is 0.731. The summed E-state index contributed by atoms with van der Waals surface area (Å²) in [6.07, 6.45) is 2.49. The molecule has 2 aromatic heterocycles. The van der Waals surface area contributed by atoms with E-state index in [9.17, 15) is 4.39 Å². The fourth-order valence-corrected chi connectivity index (χ4v) is 2.60. The van der Waals surface area contributed by atoms with Gasteiger partial charge in [-0.2, -0.15) is 0 Å². The number of thiophene rings is 1. The van der Waals surface area contributed by atoms with Gasteiger partial charge in [-0.15, -0.1) is 21.5 Å². The third kappa shape index (κ3) is 2.88. The first-order valence-electron chi connectivity index (χ1n) is 5.95. The van der Waals surface area contributed by atoms with Crippen LogP contribution in [0.15, 0.2) is 48.1 Å². The van der Waals surface area contributed by atoms with Gasteiger partial charge < -0.3 is 4.57 Å². The zero-order chi connectivity index (χ0) is 13.1. The zero-order valence-electron chi connectivity index (χ0n) is 10.2. The number of hydrogen-bond acceptors (Lipinski definition) is 3. The van der Waals surface area contributed by atoms with Crippen molar-refractivity contribution in [3.05, 3.63) is 70.2 Å². The van der Waals surface area contributed by atoms with E-state index >= 15 is 0 Å². The van der Waals surface area contributed by atoms with Crippen molar-refractivity contribution in [2.45, 2.75) is 13.0 Å². The second-order valence-corrected chi connectivity index (χ2v) is 5.29. The van der Waals surface area contributed by atoms with Crippen LogP contribution in [0.1, 0.15) is 16.3 Å². The monoisotopic (exact) mass is 273 g/mol. The summed E-state index contributed by atoms with van der Waals surface area (Å²) in [6.45, 7) is 0.661. The molecule has 19 heavy (non-hydrogen) atoms. The SMILES string of the molecule is Fc1ccc(Cn2cnnc2Cc2cccs2)cc1. The van der Waals surface area contributed by atoms with Crippen molar-refractivity contribution < 1.29 is 4.39 Å². The van der Waals surface area contributed by atoms with Gasteiger partial charge in [0.15, 0.2) is 0 Å². The molecule has 1 aromatic carbocycles. The van der Waals surface area contributed by atoms with Gasteiger partial charge in [-0.25, -0.2) is 4.39 Å². The van der Waals surface area contributed by atoms with Gasteiger partial charge in [0.2, 0.25) is 0 Å². The van der Waals surface area contributed by atoms with Crippen molar-refractivity contribution in [2.24, 2.45) is 0 Å². The van der Waals surface area contributed by atoms with Gasteiger partial charge in [0.1, 0.15) is 18.0 Å². The van der Waals surface area contributed by atoms with Crippen LogP contribution in [-0.2, 0) is 13.0 Å². The molecule has 3 nitrogen and oxygen atoms in total. The smallest absolute Gasteiger partial charge is 0.138 e. The number of benzene rings is 1. The molecule has 96 valence electrons. The van der Waals surface area contributed by atoms with Crippen molar-refractivity contribution in [2.75, 3.05) is 0 Å². The fourth-order valence-electron chi connectivity index (χ4n) is 1.90. The van der Waals surface area contributed by atoms with Crippen LogP contribution < -0.4 is 0 Å². The van der Waals surface area contributed by atoms with Gasteiger partial charge in [-0.1, -0.05) is 18.2 Å². The minimum Gasteiger partial charge on any atom is -0.313 e. The molecule has 0 aliphatic rings. The molecule has 0 amide bonds. The molecule has 0 fully saturated rings. The van der Waals surface area contributed by atoms with Crippen LogP contribution >= 0.6 is 11.3 Å². The highest BCUT2D eigenvalue weighted by Crippen LogP contribution is 2.14. The molecule has 0 N–H and O–H groups in total. The van der Waals surface area contributed by atoms with E-state index in [-0.39, 0.29) is 5.82 Å². The van der Waals surface area contributed by atoms with Crippen LogP contribution in [0.3, 0.4) is 0 Å². The second kappa shape index (κ2) is 5.32. The Labute approximate surface area is 114 Å². The minimum absolute atomic E-state index is 0.216. The number of halogens is 1. The first-order chi connectivity index (χ1) is 9.31. The lowest BCUT2D eigenvalue weighted by Gasteiger charge is -2.06. The van der Waals surface area contributed by atoms with Crippen LogP contribution in [0, 0.1) is 5.82 Å². The summed E-state index contributed by atoms with van der Waals surface area (Å²) in [7, 11) is 0. The van der Waals surface area contributed by atoms with Crippen LogP contribution in [-0.4, -0.2) is 14.8 Å². The minimum atomic E-state index is -0.216. The lowest BCUT2D eigenvalue weighted by atomic mass is 10.2. The Morgan fingerprint density at radius 3 is 2.74 bits per heavy atom. The summed E-state index contributed by atoms with van der Waals surface area (Å²) in [5, 5.41) is 10.2. The van der Waals surface area contributed by atoms with E-state index < -0.39 is 0 Å². The van der Waals surface area contributed by atoms with Crippen LogP contribution in [0.25, 0.3) is 0 Å². The Bertz CT molecular complexity index is 644. The van der Waals surface area contributed by atoms with Crippen molar-refractivity contribution in [3.8, 4) is 0 Å². The molecule has 3 aromatic rings. The number of hydrogen-bond donors (Lipinski definition) is 0. The summed E-state index contributed by atoms with van der Waals surface area (Å²) in [4.78, 5) is 1.26. The lowest BCUT2D eigenvalue weighted by Crippen LogP contribution is -2.04. The molecule has 0 aliphatic carbocycles. The number of aromatic nitrogens is 3. The molecule has 0 bridgehead atoms. The van der Waals surface area contributed by atoms with Crippen molar-refractivity contribution in [1.29, 1.82) is 0 Å². The molecular formula is C14H12FN3S. The zero-order valence-corrected chi connectivity index (χ0v) is 11.0. The predicted octanol–water partition coefficient (Wildman–Crippen LogP) is 3.12. The van der Waals surface area contributed by atoms with E-state index in [1.54, 1.807) is 29.8 Å². The molecule has 0 saturated heterocycles. The molecule has 3 rings (SSSR count). The third-order valence-electron chi connectivity index (χ3n) is 2.87. The van der Waals surface area contributed by atoms with E-state index in [0.717, 1.165) is 17.8 Å². The lowest BCUT2D eigenvalue weighted by molar-refractivity contribution is 0.626. The highest BCUT2D eigenvalue weighted by Gasteiger charge is 2.06. The standard InChI is InChI=1S/C14H12FN3S/c15-12-5-3-11(4-6-12)9-18-10-16-17-14(18)8-13-2-1-7-19-13/h1-7,10H,8-9H2. The first kappa shape index (κ1) is 12.0. The van der Waals surface area contributed by atoms with Gasteiger partial charge in [0.25, 0.3) is 0 Å². The first-order valence-corrected chi connectivity index (χ1v) is 6.83. The maximum Gasteiger partial charge on any atom is 0.138 e. The summed E-state index contributed by atoms with van der Waals surface area (Å²) in [6, 6.07) is 10.6. The molecule has 5 heteroatoms. The van der Waals surface area contributed by atoms with Gasteiger partial charge in [0, 0.05) is 11.3 Å². The summed E-state index contributed by atoms with van der Waals surface area (Å²) in [5.41, 5.74) is 1.04. The molecule has 0 atom stereocenters. The van der Waals surface area contributed by atoms with E-state index in [4.69, 9.17) is 0 Å². The van der Waals surface area contributed by atoms with E-state index in [0.29, 0.717) is 6.54 Å². The Morgan fingerprint density at radius 2 is 2.00 bits per heavy atom. The Balaban J connectivity index is 1.78. The average molecular weight is 273 g/mol. The molecule has 0 radical (unpaired) electrons. The largest absolute Gasteiger partial charge is 0.313 e. The van der Waals surface area contributed by atoms with Gasteiger partial charge >= 0.3 is 0 Å². The normalized spacial score (nSPS) is 10.8. The van der Waals surface area contributed by atoms with Crippen molar-refractivity contribution in [3.63, 3.8) is 0 Å². The molecule has 0 spiro atoms. The van der Waals surface area contributed by atoms with Crippen LogP contribution in [0.4, 0.5) is 4.39 Å². The van der Waals surface area contributed by atoms with E-state index in [2.05, 4.69) is 21.6 Å². The fraction of sp³-hybridized carbons (Fsp3) is 0.143. The summed E-state index contributed by atoms with van der Waals surface area (Å²) < 4.78 is 14.9. The number of nitrogens with zero attached hydrogens (tertiary/aromatic N) is 3. The molecular weight excluding hydrogens is 261 g/mol. The maximum absolute atomic E-state index is 12.9. The van der Waals surface area contributed by atoms with Crippen molar-refractivity contribution >= 4 is 11.3 Å². The Hall–Kier alpha value is -2.01. The Kier molecular flexibility index (Phi) is 3.37. The molecule has 0 saturated carbocycles. The second-order valence-electron chi connectivity index (χ2n) is 4.26. The predicted molar refractivity (Wildman–Crippen MR) is 72.6 cm³/mol. The van der Waals surface area contributed by atoms with Gasteiger partial charge in [-0.05, 0) is 29.1 Å². The topological polar surface area (TPSA) is 30.7 Å². The van der Waals surface area contributed by atoms with E-state index in [1.165, 1.54) is 17.0 Å². The number of rotatable bonds is 4. The van der Waals surface area contributed by atoms with Gasteiger partial charge in [-0.3, -0.25) is 0 Å². The molecule has 0 unspecified atom stereocenters. The molecule has 2 heterocycles. The van der Waals surface area contributed by atoms with Crippen LogP contribution in [0.5, 0.6) is 0 Å².